The summed E-state index contributed by atoms with van der Waals surface area (Å²) in [6.45, 7) is 2.19. The van der Waals surface area contributed by atoms with Gasteiger partial charge < -0.3 is 9.47 Å². The van der Waals surface area contributed by atoms with Gasteiger partial charge in [0.2, 0.25) is 6.79 Å². The predicted octanol–water partition coefficient (Wildman–Crippen LogP) is 2.84. The Balaban J connectivity index is 1.75. The van der Waals surface area contributed by atoms with E-state index in [4.69, 9.17) is 19.6 Å². The number of carbonyl (C=O) groups is 1. The first-order chi connectivity index (χ1) is 14.0. The molecule has 1 atom stereocenters. The number of rotatable bonds is 2. The van der Waals surface area contributed by atoms with Crippen molar-refractivity contribution in [2.75, 3.05) is 12.5 Å². The number of hydrogen-bond donors (Lipinski definition) is 1. The van der Waals surface area contributed by atoms with Crippen LogP contribution >= 0.6 is 43.6 Å². The van der Waals surface area contributed by atoms with E-state index >= 15 is 0 Å². The molecule has 148 valence electrons. The summed E-state index contributed by atoms with van der Waals surface area (Å²) >= 11 is 8.58. The van der Waals surface area contributed by atoms with Crippen molar-refractivity contribution < 1.29 is 14.3 Å². The molecule has 1 N–H and O–H groups in total. The van der Waals surface area contributed by atoms with Crippen molar-refractivity contribution in [2.24, 2.45) is 10.1 Å². The van der Waals surface area contributed by atoms with Gasteiger partial charge in [-0.15, -0.1) is 5.10 Å². The maximum atomic E-state index is 13.0. The number of benzene rings is 2. The molecule has 10 heteroatoms. The number of nitrogens with one attached hydrogen (secondary N) is 1. The number of amides is 1. The minimum atomic E-state index is -0.527. The molecule has 0 radical (unpaired) electrons. The van der Waals surface area contributed by atoms with Crippen molar-refractivity contribution in [1.82, 2.24) is 10.3 Å². The first kappa shape index (κ1) is 19.0. The molecule has 0 aromatic heterocycles. The third-order valence-corrected chi connectivity index (χ3v) is 6.55. The van der Waals surface area contributed by atoms with E-state index in [9.17, 15) is 4.79 Å². The highest BCUT2D eigenvalue weighted by Gasteiger charge is 2.36. The highest BCUT2D eigenvalue weighted by atomic mass is 79.9. The highest BCUT2D eigenvalue weighted by molar-refractivity contribution is 9.10. The zero-order chi connectivity index (χ0) is 20.1. The highest BCUT2D eigenvalue weighted by Crippen LogP contribution is 2.42. The number of halogens is 2. The van der Waals surface area contributed by atoms with Crippen LogP contribution in [0, 0.1) is 0 Å². The summed E-state index contributed by atoms with van der Waals surface area (Å²) in [6, 6.07) is 9.44. The zero-order valence-corrected chi connectivity index (χ0v) is 19.1. The fraction of sp³-hybridized carbons (Fsp3) is 0.211. The first-order valence-electron chi connectivity index (χ1n) is 8.84. The summed E-state index contributed by atoms with van der Waals surface area (Å²) in [5, 5.41) is 11.3. The second kappa shape index (κ2) is 7.33. The van der Waals surface area contributed by atoms with Crippen LogP contribution in [-0.4, -0.2) is 28.6 Å². The van der Waals surface area contributed by atoms with Gasteiger partial charge in [0.15, 0.2) is 22.8 Å². The quantitative estimate of drug-likeness (QED) is 0.637. The van der Waals surface area contributed by atoms with Crippen LogP contribution in [0.1, 0.15) is 18.7 Å². The lowest BCUT2D eigenvalue weighted by atomic mass is 10.1. The van der Waals surface area contributed by atoms with Crippen molar-refractivity contribution in [3.8, 4) is 11.5 Å². The molecular weight excluding hydrogens is 524 g/mol. The Morgan fingerprint density at radius 1 is 1.24 bits per heavy atom. The zero-order valence-electron chi connectivity index (χ0n) is 15.1. The normalized spacial score (nSPS) is 19.2. The fourth-order valence-electron chi connectivity index (χ4n) is 3.39. The molecule has 0 spiro atoms. The van der Waals surface area contributed by atoms with Crippen LogP contribution in [0.25, 0.3) is 5.70 Å². The molecule has 0 saturated carbocycles. The van der Waals surface area contributed by atoms with Gasteiger partial charge in [-0.25, -0.2) is 5.01 Å². The Morgan fingerprint density at radius 3 is 2.83 bits per heavy atom. The SMILES string of the molecule is CCSC1=NN2C(=c3cc(Br)ccc3=NC2c2cc3c(cc2Br)OCO3)C(=O)N1. The average molecular weight is 538 g/mol. The van der Waals surface area contributed by atoms with Crippen molar-refractivity contribution >= 4 is 60.4 Å². The number of fused-ring (bicyclic) bond motifs is 3. The molecule has 2 aromatic carbocycles. The Hall–Kier alpha value is -2.04. The molecule has 0 saturated heterocycles. The third kappa shape index (κ3) is 3.23. The van der Waals surface area contributed by atoms with Crippen LogP contribution in [0.4, 0.5) is 0 Å². The van der Waals surface area contributed by atoms with E-state index in [0.717, 1.165) is 30.8 Å². The summed E-state index contributed by atoms with van der Waals surface area (Å²) in [5.74, 6) is 1.91. The first-order valence-corrected chi connectivity index (χ1v) is 11.4. The molecule has 0 aliphatic carbocycles. The van der Waals surface area contributed by atoms with Crippen molar-refractivity contribution in [1.29, 1.82) is 0 Å². The minimum absolute atomic E-state index is 0.183. The van der Waals surface area contributed by atoms with Gasteiger partial charge in [0.05, 0.1) is 5.36 Å². The summed E-state index contributed by atoms with van der Waals surface area (Å²) in [4.78, 5) is 18.0. The third-order valence-electron chi connectivity index (χ3n) is 4.62. The van der Waals surface area contributed by atoms with Gasteiger partial charge in [-0.2, -0.15) is 0 Å². The number of carbonyl (C=O) groups excluding carboxylic acids is 1. The van der Waals surface area contributed by atoms with E-state index < -0.39 is 6.17 Å². The monoisotopic (exact) mass is 536 g/mol. The van der Waals surface area contributed by atoms with Gasteiger partial charge in [0, 0.05) is 19.7 Å². The number of ether oxygens (including phenoxy) is 2. The van der Waals surface area contributed by atoms with Crippen LogP contribution < -0.4 is 25.4 Å². The Kier molecular flexibility index (Phi) is 4.79. The van der Waals surface area contributed by atoms with E-state index in [1.165, 1.54) is 11.8 Å². The van der Waals surface area contributed by atoms with Crippen LogP contribution in [0.15, 0.2) is 49.4 Å². The van der Waals surface area contributed by atoms with Gasteiger partial charge in [-0.3, -0.25) is 15.1 Å². The molecule has 7 nitrogen and oxygen atoms in total. The van der Waals surface area contributed by atoms with Gasteiger partial charge in [0.25, 0.3) is 5.91 Å². The molecule has 3 aliphatic rings. The molecular formula is C19H14Br2N4O3S. The second-order valence-electron chi connectivity index (χ2n) is 6.38. The number of amidine groups is 1. The maximum absolute atomic E-state index is 13.0. The summed E-state index contributed by atoms with van der Waals surface area (Å²) in [6.07, 6.45) is -0.527. The topological polar surface area (TPSA) is 75.5 Å². The average Bonchev–Trinajstić information content (AvgIpc) is 3.14. The van der Waals surface area contributed by atoms with Crippen LogP contribution in [0.3, 0.4) is 0 Å². The minimum Gasteiger partial charge on any atom is -0.454 e. The van der Waals surface area contributed by atoms with Crippen molar-refractivity contribution in [3.63, 3.8) is 0 Å². The van der Waals surface area contributed by atoms with Crippen LogP contribution in [0.5, 0.6) is 11.5 Å². The van der Waals surface area contributed by atoms with E-state index in [0.29, 0.717) is 22.4 Å². The Morgan fingerprint density at radius 2 is 2.03 bits per heavy atom. The number of thioether (sulfide) groups is 1. The Bertz CT molecular complexity index is 1200. The summed E-state index contributed by atoms with van der Waals surface area (Å²) in [7, 11) is 0. The van der Waals surface area contributed by atoms with Gasteiger partial charge >= 0.3 is 0 Å². The molecule has 1 amide bonds. The molecule has 5 rings (SSSR count). The lowest BCUT2D eigenvalue weighted by molar-refractivity contribution is -0.116. The lowest BCUT2D eigenvalue weighted by Crippen LogP contribution is -2.50. The Labute approximate surface area is 187 Å². The van der Waals surface area contributed by atoms with Gasteiger partial charge in [-0.05, 0) is 36.1 Å². The van der Waals surface area contributed by atoms with Crippen molar-refractivity contribution in [2.45, 2.75) is 13.1 Å². The molecule has 1 unspecified atom stereocenters. The van der Waals surface area contributed by atoms with Crippen LogP contribution in [0.2, 0.25) is 0 Å². The molecule has 29 heavy (non-hydrogen) atoms. The smallest absolute Gasteiger partial charge is 0.276 e. The number of hydrogen-bond acceptors (Lipinski definition) is 7. The standard InChI is InChI=1S/C19H14Br2N4O3S/c1-2-29-19-23-18(26)16-11-5-9(20)3-4-13(11)22-17(25(16)24-19)10-6-14-15(7-12(10)21)28-8-27-14/h3-7,17H,2,8H2,1H3,(H,23,24,26). The fourth-order valence-corrected chi connectivity index (χ4v) is 4.86. The molecule has 3 heterocycles. The second-order valence-corrected chi connectivity index (χ2v) is 9.40. The number of nitrogens with zero attached hydrogens (tertiary/aromatic N) is 3. The van der Waals surface area contributed by atoms with Gasteiger partial charge in [0.1, 0.15) is 5.70 Å². The summed E-state index contributed by atoms with van der Waals surface area (Å²) in [5.41, 5.74) is 1.30. The van der Waals surface area contributed by atoms with E-state index in [-0.39, 0.29) is 12.7 Å². The van der Waals surface area contributed by atoms with Gasteiger partial charge in [-0.1, -0.05) is 50.5 Å². The summed E-state index contributed by atoms with van der Waals surface area (Å²) < 4.78 is 12.7. The van der Waals surface area contributed by atoms with Crippen LogP contribution in [-0.2, 0) is 4.79 Å². The maximum Gasteiger partial charge on any atom is 0.276 e. The molecule has 3 aliphatic heterocycles. The molecule has 2 aromatic rings. The molecule has 0 bridgehead atoms. The number of hydrazone groups is 1. The van der Waals surface area contributed by atoms with Crippen molar-refractivity contribution in [3.05, 3.63) is 55.4 Å². The predicted molar refractivity (Wildman–Crippen MR) is 117 cm³/mol. The van der Waals surface area contributed by atoms with E-state index in [2.05, 4.69) is 37.2 Å². The molecule has 0 fully saturated rings. The largest absolute Gasteiger partial charge is 0.454 e. The van der Waals surface area contributed by atoms with E-state index in [1.807, 2.05) is 37.3 Å². The van der Waals surface area contributed by atoms with E-state index in [1.54, 1.807) is 5.01 Å². The lowest BCUT2D eigenvalue weighted by Gasteiger charge is -2.34.